The highest BCUT2D eigenvalue weighted by molar-refractivity contribution is 7.90. The molecule has 0 aliphatic carbocycles. The lowest BCUT2D eigenvalue weighted by Crippen LogP contribution is -2.45. The lowest BCUT2D eigenvalue weighted by atomic mass is 10.0. The van der Waals surface area contributed by atoms with Crippen molar-refractivity contribution in [3.05, 3.63) is 94.8 Å². The number of rotatable bonds is 6. The molecule has 4 aromatic rings. The van der Waals surface area contributed by atoms with E-state index in [9.17, 15) is 13.2 Å². The number of nitrogens with zero attached hydrogens (tertiary/aromatic N) is 2. The Morgan fingerprint density at radius 3 is 2.48 bits per heavy atom. The Bertz CT molecular complexity index is 1670. The van der Waals surface area contributed by atoms with Crippen LogP contribution in [0.25, 0.3) is 11.0 Å². The molecule has 2 atom stereocenters. The summed E-state index contributed by atoms with van der Waals surface area (Å²) in [7, 11) is -3.81. The second kappa shape index (κ2) is 10.8. The molecule has 40 heavy (non-hydrogen) atoms. The molecule has 0 radical (unpaired) electrons. The van der Waals surface area contributed by atoms with Crippen LogP contribution in [-0.4, -0.2) is 39.2 Å². The first-order chi connectivity index (χ1) is 18.9. The van der Waals surface area contributed by atoms with Crippen LogP contribution in [0.15, 0.2) is 72.8 Å². The number of sulfonamides is 1. The summed E-state index contributed by atoms with van der Waals surface area (Å²) in [5, 5.41) is 6.71. The van der Waals surface area contributed by atoms with Gasteiger partial charge in [-0.1, -0.05) is 54.1 Å². The van der Waals surface area contributed by atoms with Gasteiger partial charge in [0.25, 0.3) is 0 Å². The van der Waals surface area contributed by atoms with Gasteiger partial charge in [0.05, 0.1) is 29.0 Å². The van der Waals surface area contributed by atoms with Gasteiger partial charge < -0.3 is 15.6 Å². The number of aromatic amines is 1. The van der Waals surface area contributed by atoms with Crippen LogP contribution in [0.1, 0.15) is 55.4 Å². The SMILES string of the molecule is CC(C)(C)N1C(=O)CC(c2ccc(C[C@H](NC(=S)Nc3ccccc3)c3nc4ccc(Cl)cc4[nH]3)cc2)S1(=O)=O. The first-order valence-electron chi connectivity index (χ1n) is 12.9. The van der Waals surface area contributed by atoms with Crippen LogP contribution >= 0.6 is 23.8 Å². The van der Waals surface area contributed by atoms with Crippen molar-refractivity contribution in [2.24, 2.45) is 0 Å². The number of hydrogen-bond acceptors (Lipinski definition) is 5. The van der Waals surface area contributed by atoms with Crippen LogP contribution in [0.5, 0.6) is 0 Å². The van der Waals surface area contributed by atoms with Crippen molar-refractivity contribution in [1.82, 2.24) is 19.6 Å². The van der Waals surface area contributed by atoms with Gasteiger partial charge >= 0.3 is 0 Å². The molecule has 0 spiro atoms. The molecule has 1 unspecified atom stereocenters. The second-order valence-electron chi connectivity index (χ2n) is 10.8. The molecular weight excluding hydrogens is 566 g/mol. The number of amides is 1. The minimum Gasteiger partial charge on any atom is -0.352 e. The van der Waals surface area contributed by atoms with E-state index in [0.29, 0.717) is 27.9 Å². The van der Waals surface area contributed by atoms with Crippen LogP contribution in [-0.2, 0) is 21.2 Å². The van der Waals surface area contributed by atoms with Crippen molar-refractivity contribution in [2.45, 2.75) is 50.4 Å². The Hall–Kier alpha value is -3.47. The number of H-pyrrole nitrogens is 1. The molecule has 3 N–H and O–H groups in total. The molecule has 1 amide bonds. The van der Waals surface area contributed by atoms with Gasteiger partial charge in [-0.05, 0) is 80.9 Å². The first kappa shape index (κ1) is 28.1. The highest BCUT2D eigenvalue weighted by atomic mass is 35.5. The minimum absolute atomic E-state index is 0.0654. The van der Waals surface area contributed by atoms with Crippen LogP contribution in [0.2, 0.25) is 5.02 Å². The van der Waals surface area contributed by atoms with E-state index in [1.165, 1.54) is 0 Å². The number of para-hydroxylation sites is 1. The fourth-order valence-electron chi connectivity index (χ4n) is 5.00. The Kier molecular flexibility index (Phi) is 7.60. The lowest BCUT2D eigenvalue weighted by Gasteiger charge is -2.30. The Morgan fingerprint density at radius 1 is 1.12 bits per heavy atom. The quantitative estimate of drug-likeness (QED) is 0.239. The molecule has 0 saturated carbocycles. The molecule has 5 rings (SSSR count). The minimum atomic E-state index is -3.81. The molecule has 11 heteroatoms. The number of aromatic nitrogens is 2. The van der Waals surface area contributed by atoms with Crippen LogP contribution in [0.3, 0.4) is 0 Å². The van der Waals surface area contributed by atoms with Gasteiger partial charge in [0.15, 0.2) is 5.11 Å². The summed E-state index contributed by atoms with van der Waals surface area (Å²) in [6, 6.07) is 22.1. The van der Waals surface area contributed by atoms with E-state index in [4.69, 9.17) is 28.8 Å². The highest BCUT2D eigenvalue weighted by Gasteiger charge is 2.49. The Labute approximate surface area is 244 Å². The van der Waals surface area contributed by atoms with Crippen LogP contribution in [0.4, 0.5) is 5.69 Å². The number of fused-ring (bicyclic) bond motifs is 1. The zero-order valence-corrected chi connectivity index (χ0v) is 24.7. The molecule has 1 fully saturated rings. The van der Waals surface area contributed by atoms with Gasteiger partial charge in [0, 0.05) is 10.7 Å². The third kappa shape index (κ3) is 5.84. The summed E-state index contributed by atoms with van der Waals surface area (Å²) in [6.07, 6.45) is 0.443. The van der Waals surface area contributed by atoms with Crippen molar-refractivity contribution in [3.8, 4) is 0 Å². The number of imidazole rings is 1. The maximum Gasteiger partial charge on any atom is 0.245 e. The molecule has 1 aromatic heterocycles. The summed E-state index contributed by atoms with van der Waals surface area (Å²) < 4.78 is 27.5. The predicted molar refractivity (Wildman–Crippen MR) is 163 cm³/mol. The Morgan fingerprint density at radius 2 is 1.82 bits per heavy atom. The zero-order chi connectivity index (χ0) is 28.7. The molecule has 1 saturated heterocycles. The zero-order valence-electron chi connectivity index (χ0n) is 22.3. The van der Waals surface area contributed by atoms with Crippen molar-refractivity contribution in [2.75, 3.05) is 5.32 Å². The largest absolute Gasteiger partial charge is 0.352 e. The number of nitrogens with one attached hydrogen (secondary N) is 3. The summed E-state index contributed by atoms with van der Waals surface area (Å²) in [5.74, 6) is 0.304. The van der Waals surface area contributed by atoms with Crippen molar-refractivity contribution >= 4 is 61.6 Å². The standard InChI is InChI=1S/C29H30ClN5O3S2/c1-29(2,3)35-26(36)17-25(40(35,37)38)19-11-9-18(10-12-19)15-24(34-28(39)31-21-7-5-4-6-8-21)27-32-22-14-13-20(30)16-23(22)33-27/h4-14,16,24-25H,15,17H2,1-3H3,(H,32,33)(H2,31,34,39)/t24-,25?/m0/s1. The lowest BCUT2D eigenvalue weighted by molar-refractivity contribution is -0.128. The fraction of sp³-hybridized carbons (Fsp3) is 0.276. The molecule has 208 valence electrons. The average molecular weight is 596 g/mol. The molecule has 3 aromatic carbocycles. The van der Waals surface area contributed by atoms with Gasteiger partial charge in [-0.15, -0.1) is 0 Å². The number of hydrogen-bond donors (Lipinski definition) is 3. The molecular formula is C29H30ClN5O3S2. The number of carbonyl (C=O) groups excluding carboxylic acids is 1. The van der Waals surface area contributed by atoms with Gasteiger partial charge in [-0.3, -0.25) is 4.79 Å². The van der Waals surface area contributed by atoms with E-state index in [-0.39, 0.29) is 18.4 Å². The summed E-state index contributed by atoms with van der Waals surface area (Å²) in [4.78, 5) is 20.7. The summed E-state index contributed by atoms with van der Waals surface area (Å²) in [6.45, 7) is 5.18. The average Bonchev–Trinajstić information content (AvgIpc) is 3.41. The number of carbonyl (C=O) groups is 1. The molecule has 8 nitrogen and oxygen atoms in total. The maximum absolute atomic E-state index is 13.2. The molecule has 2 heterocycles. The predicted octanol–water partition coefficient (Wildman–Crippen LogP) is 5.89. The molecule has 1 aliphatic heterocycles. The van der Waals surface area contributed by atoms with E-state index in [2.05, 4.69) is 15.6 Å². The summed E-state index contributed by atoms with van der Waals surface area (Å²) in [5.41, 5.74) is 3.17. The van der Waals surface area contributed by atoms with E-state index in [1.54, 1.807) is 39.0 Å². The maximum atomic E-state index is 13.2. The summed E-state index contributed by atoms with van der Waals surface area (Å²) >= 11 is 11.8. The van der Waals surface area contributed by atoms with E-state index in [0.717, 1.165) is 26.6 Å². The smallest absolute Gasteiger partial charge is 0.245 e. The van der Waals surface area contributed by atoms with Crippen molar-refractivity contribution < 1.29 is 13.2 Å². The van der Waals surface area contributed by atoms with Crippen LogP contribution < -0.4 is 10.6 Å². The number of halogens is 1. The van der Waals surface area contributed by atoms with Gasteiger partial charge in [0.2, 0.25) is 15.9 Å². The van der Waals surface area contributed by atoms with Crippen molar-refractivity contribution in [1.29, 1.82) is 0 Å². The Balaban J connectivity index is 1.40. The van der Waals surface area contributed by atoms with E-state index in [1.807, 2.05) is 54.6 Å². The first-order valence-corrected chi connectivity index (χ1v) is 15.1. The van der Waals surface area contributed by atoms with Gasteiger partial charge in [-0.25, -0.2) is 17.7 Å². The van der Waals surface area contributed by atoms with Gasteiger partial charge in [-0.2, -0.15) is 0 Å². The van der Waals surface area contributed by atoms with E-state index >= 15 is 0 Å². The monoisotopic (exact) mass is 595 g/mol. The highest BCUT2D eigenvalue weighted by Crippen LogP contribution is 2.40. The van der Waals surface area contributed by atoms with Crippen molar-refractivity contribution in [3.63, 3.8) is 0 Å². The number of thiocarbonyl (C=S) groups is 1. The molecule has 1 aliphatic rings. The normalized spacial score (nSPS) is 17.6. The van der Waals surface area contributed by atoms with Gasteiger partial charge in [0.1, 0.15) is 11.1 Å². The third-order valence-corrected chi connectivity index (χ3v) is 9.60. The third-order valence-electron chi connectivity index (χ3n) is 6.73. The van der Waals surface area contributed by atoms with E-state index < -0.39 is 20.8 Å². The fourth-order valence-corrected chi connectivity index (χ4v) is 7.66. The number of benzene rings is 3. The topological polar surface area (TPSA) is 107 Å². The van der Waals surface area contributed by atoms with Crippen LogP contribution in [0, 0.1) is 0 Å². The second-order valence-corrected chi connectivity index (χ2v) is 13.6. The molecule has 0 bridgehead atoms. The number of anilines is 1.